The summed E-state index contributed by atoms with van der Waals surface area (Å²) >= 11 is 0. The number of aromatic amines is 1. The minimum absolute atomic E-state index is 0.313. The number of aldehydes is 1. The zero-order valence-corrected chi connectivity index (χ0v) is 11.5. The van der Waals surface area contributed by atoms with E-state index >= 15 is 0 Å². The Balaban J connectivity index is 1.75. The second kappa shape index (κ2) is 6.01. The van der Waals surface area contributed by atoms with E-state index in [9.17, 15) is 9.59 Å². The van der Waals surface area contributed by atoms with Gasteiger partial charge in [0, 0.05) is 35.4 Å². The number of hydrogen-bond donors (Lipinski definition) is 2. The van der Waals surface area contributed by atoms with Gasteiger partial charge in [0.25, 0.3) is 5.91 Å². The van der Waals surface area contributed by atoms with Crippen molar-refractivity contribution in [3.05, 3.63) is 66.2 Å². The van der Waals surface area contributed by atoms with Gasteiger partial charge in [-0.2, -0.15) is 5.10 Å². The first-order valence-corrected chi connectivity index (χ1v) is 6.57. The van der Waals surface area contributed by atoms with Crippen LogP contribution in [-0.4, -0.2) is 27.4 Å². The van der Waals surface area contributed by atoms with Crippen molar-refractivity contribution in [2.24, 2.45) is 0 Å². The number of nitrogens with one attached hydrogen (secondary N) is 2. The molecule has 22 heavy (non-hydrogen) atoms. The highest BCUT2D eigenvalue weighted by atomic mass is 16.1. The van der Waals surface area contributed by atoms with Crippen LogP contribution in [0.2, 0.25) is 0 Å². The van der Waals surface area contributed by atoms with Crippen molar-refractivity contribution in [2.75, 3.05) is 5.32 Å². The molecule has 0 aliphatic rings. The molecule has 0 radical (unpaired) electrons. The molecule has 2 aromatic heterocycles. The molecule has 3 rings (SSSR count). The lowest BCUT2D eigenvalue weighted by Crippen LogP contribution is -2.12. The largest absolute Gasteiger partial charge is 0.322 e. The molecule has 3 aromatic rings. The van der Waals surface area contributed by atoms with Gasteiger partial charge < -0.3 is 5.32 Å². The fourth-order valence-electron chi connectivity index (χ4n) is 2.00. The summed E-state index contributed by atoms with van der Waals surface area (Å²) < 4.78 is 0. The summed E-state index contributed by atoms with van der Waals surface area (Å²) in [5.41, 5.74) is 3.33. The molecule has 0 saturated heterocycles. The second-order valence-corrected chi connectivity index (χ2v) is 4.64. The number of hydrogen-bond acceptors (Lipinski definition) is 4. The molecule has 0 bridgehead atoms. The van der Waals surface area contributed by atoms with Gasteiger partial charge in [0.15, 0.2) is 6.29 Å². The Morgan fingerprint density at radius 3 is 2.59 bits per heavy atom. The zero-order valence-electron chi connectivity index (χ0n) is 11.5. The number of pyridine rings is 1. The number of carbonyl (C=O) groups is 2. The third-order valence-electron chi connectivity index (χ3n) is 3.13. The molecule has 0 saturated carbocycles. The van der Waals surface area contributed by atoms with Crippen molar-refractivity contribution in [3.63, 3.8) is 0 Å². The predicted octanol–water partition coefficient (Wildman–Crippen LogP) is 2.54. The fourth-order valence-corrected chi connectivity index (χ4v) is 2.00. The summed E-state index contributed by atoms with van der Waals surface area (Å²) in [5, 5.41) is 9.41. The molecular formula is C16H12N4O2. The van der Waals surface area contributed by atoms with Gasteiger partial charge in [-0.1, -0.05) is 12.1 Å². The lowest BCUT2D eigenvalue weighted by atomic mass is 10.1. The molecule has 0 fully saturated rings. The Kier molecular flexibility index (Phi) is 3.74. The molecular weight excluding hydrogens is 280 g/mol. The molecule has 0 unspecified atom stereocenters. The van der Waals surface area contributed by atoms with Crippen LogP contribution in [0.25, 0.3) is 11.1 Å². The molecule has 6 nitrogen and oxygen atoms in total. The van der Waals surface area contributed by atoms with Crippen molar-refractivity contribution in [2.45, 2.75) is 0 Å². The molecule has 0 atom stereocenters. The van der Waals surface area contributed by atoms with Crippen LogP contribution in [0.15, 0.2) is 55.1 Å². The Hall–Kier alpha value is -3.28. The summed E-state index contributed by atoms with van der Waals surface area (Å²) in [4.78, 5) is 26.7. The predicted molar refractivity (Wildman–Crippen MR) is 81.6 cm³/mol. The van der Waals surface area contributed by atoms with Crippen LogP contribution < -0.4 is 5.32 Å². The Bertz CT molecular complexity index is 795. The van der Waals surface area contributed by atoms with E-state index in [1.54, 1.807) is 24.5 Å². The van der Waals surface area contributed by atoms with Crippen LogP contribution in [-0.2, 0) is 0 Å². The number of aromatic nitrogens is 3. The average Bonchev–Trinajstić information content (AvgIpc) is 3.10. The van der Waals surface area contributed by atoms with Crippen LogP contribution in [0.4, 0.5) is 5.69 Å². The molecule has 2 heterocycles. The third-order valence-corrected chi connectivity index (χ3v) is 3.13. The van der Waals surface area contributed by atoms with Crippen molar-refractivity contribution >= 4 is 17.9 Å². The summed E-state index contributed by atoms with van der Waals surface area (Å²) in [6.45, 7) is 0. The normalized spacial score (nSPS) is 10.2. The van der Waals surface area contributed by atoms with Crippen molar-refractivity contribution in [1.29, 1.82) is 0 Å². The van der Waals surface area contributed by atoms with Crippen LogP contribution in [0.5, 0.6) is 0 Å². The molecule has 0 aliphatic carbocycles. The minimum Gasteiger partial charge on any atom is -0.322 e. The van der Waals surface area contributed by atoms with Gasteiger partial charge in [0.05, 0.1) is 11.8 Å². The quantitative estimate of drug-likeness (QED) is 0.723. The molecule has 1 aromatic carbocycles. The Labute approximate surface area is 126 Å². The number of rotatable bonds is 4. The monoisotopic (exact) mass is 292 g/mol. The van der Waals surface area contributed by atoms with Gasteiger partial charge in [-0.25, -0.2) is 0 Å². The number of H-pyrrole nitrogens is 1. The Morgan fingerprint density at radius 2 is 1.91 bits per heavy atom. The minimum atomic E-state index is -0.313. The van der Waals surface area contributed by atoms with Gasteiger partial charge in [-0.15, -0.1) is 0 Å². The highest BCUT2D eigenvalue weighted by Crippen LogP contribution is 2.20. The SMILES string of the molecule is O=Cc1cncc(C(=O)Nc2ccc(-c3cn[nH]c3)cc2)c1. The summed E-state index contributed by atoms with van der Waals surface area (Å²) in [7, 11) is 0. The first kappa shape index (κ1) is 13.7. The smallest absolute Gasteiger partial charge is 0.257 e. The number of nitrogens with zero attached hydrogens (tertiary/aromatic N) is 2. The van der Waals surface area contributed by atoms with E-state index in [1.165, 1.54) is 18.5 Å². The molecule has 108 valence electrons. The van der Waals surface area contributed by atoms with Crippen LogP contribution in [0, 0.1) is 0 Å². The second-order valence-electron chi connectivity index (χ2n) is 4.64. The van der Waals surface area contributed by atoms with Gasteiger partial charge in [0.2, 0.25) is 0 Å². The van der Waals surface area contributed by atoms with E-state index in [0.717, 1.165) is 11.1 Å². The van der Waals surface area contributed by atoms with Gasteiger partial charge in [-0.3, -0.25) is 19.7 Å². The maximum atomic E-state index is 12.1. The Morgan fingerprint density at radius 1 is 1.09 bits per heavy atom. The number of amides is 1. The maximum absolute atomic E-state index is 12.1. The van der Waals surface area contributed by atoms with E-state index in [1.807, 2.05) is 12.1 Å². The third kappa shape index (κ3) is 2.90. The fraction of sp³-hybridized carbons (Fsp3) is 0. The lowest BCUT2D eigenvalue weighted by molar-refractivity contribution is 0.102. The van der Waals surface area contributed by atoms with Crippen LogP contribution >= 0.6 is 0 Å². The molecule has 2 N–H and O–H groups in total. The first-order chi connectivity index (χ1) is 10.8. The van der Waals surface area contributed by atoms with Crippen molar-refractivity contribution < 1.29 is 9.59 Å². The topological polar surface area (TPSA) is 87.7 Å². The first-order valence-electron chi connectivity index (χ1n) is 6.57. The van der Waals surface area contributed by atoms with E-state index in [0.29, 0.717) is 23.1 Å². The highest BCUT2D eigenvalue weighted by Gasteiger charge is 2.08. The van der Waals surface area contributed by atoms with Crippen LogP contribution in [0.1, 0.15) is 20.7 Å². The van der Waals surface area contributed by atoms with E-state index in [2.05, 4.69) is 20.5 Å². The number of benzene rings is 1. The van der Waals surface area contributed by atoms with Crippen molar-refractivity contribution in [3.8, 4) is 11.1 Å². The van der Waals surface area contributed by atoms with Gasteiger partial charge >= 0.3 is 0 Å². The van der Waals surface area contributed by atoms with Gasteiger partial charge in [0.1, 0.15) is 0 Å². The average molecular weight is 292 g/mol. The highest BCUT2D eigenvalue weighted by molar-refractivity contribution is 6.04. The molecule has 1 amide bonds. The summed E-state index contributed by atoms with van der Waals surface area (Å²) in [6, 6.07) is 8.88. The number of anilines is 1. The van der Waals surface area contributed by atoms with Crippen molar-refractivity contribution in [1.82, 2.24) is 15.2 Å². The summed E-state index contributed by atoms with van der Waals surface area (Å²) in [5.74, 6) is -0.313. The lowest BCUT2D eigenvalue weighted by Gasteiger charge is -2.06. The zero-order chi connectivity index (χ0) is 15.4. The summed E-state index contributed by atoms with van der Waals surface area (Å²) in [6.07, 6.45) is 7.00. The van der Waals surface area contributed by atoms with E-state index in [-0.39, 0.29) is 5.91 Å². The van der Waals surface area contributed by atoms with E-state index in [4.69, 9.17) is 0 Å². The molecule has 6 heteroatoms. The number of carbonyl (C=O) groups excluding carboxylic acids is 2. The van der Waals surface area contributed by atoms with Gasteiger partial charge in [-0.05, 0) is 23.8 Å². The maximum Gasteiger partial charge on any atom is 0.257 e. The van der Waals surface area contributed by atoms with E-state index < -0.39 is 0 Å². The molecule has 0 spiro atoms. The standard InChI is InChI=1S/C16H12N4O2/c21-10-11-5-13(7-17-6-11)16(22)20-15-3-1-12(2-4-15)14-8-18-19-9-14/h1-10H,(H,18,19)(H,20,22). The van der Waals surface area contributed by atoms with Crippen LogP contribution in [0.3, 0.4) is 0 Å². The molecule has 0 aliphatic heterocycles.